The van der Waals surface area contributed by atoms with Gasteiger partial charge < -0.3 is 10.6 Å². The molecule has 2 heterocycles. The Morgan fingerprint density at radius 1 is 1.18 bits per heavy atom. The van der Waals surface area contributed by atoms with Crippen LogP contribution in [0.15, 0.2) is 71.1 Å². The summed E-state index contributed by atoms with van der Waals surface area (Å²) in [5.74, 6) is 0.492. The van der Waals surface area contributed by atoms with E-state index >= 15 is 0 Å². The highest BCUT2D eigenvalue weighted by Crippen LogP contribution is 2.55. The topological polar surface area (TPSA) is 24.1 Å². The third-order valence-corrected chi connectivity index (χ3v) is 5.90. The second-order valence-corrected chi connectivity index (χ2v) is 7.01. The maximum atomic E-state index is 3.77. The molecule has 110 valence electrons. The molecule has 5 rings (SSSR count). The van der Waals surface area contributed by atoms with Gasteiger partial charge in [0, 0.05) is 28.4 Å². The Morgan fingerprint density at radius 2 is 2.05 bits per heavy atom. The fourth-order valence-electron chi connectivity index (χ4n) is 4.60. The Hall–Kier alpha value is -2.22. The monoisotopic (exact) mass is 288 g/mol. The molecular weight excluding hydrogens is 268 g/mol. The molecule has 2 heteroatoms. The molecule has 0 spiro atoms. The lowest BCUT2D eigenvalue weighted by Gasteiger charge is -2.33. The molecule has 0 radical (unpaired) electrons. The molecular formula is C20H20N2. The van der Waals surface area contributed by atoms with Gasteiger partial charge in [-0.2, -0.15) is 0 Å². The van der Waals surface area contributed by atoms with E-state index in [1.807, 2.05) is 0 Å². The summed E-state index contributed by atoms with van der Waals surface area (Å²) in [6.07, 6.45) is 10.1. The molecule has 0 fully saturated rings. The molecule has 4 aliphatic rings. The number of rotatable bonds is 0. The van der Waals surface area contributed by atoms with E-state index in [-0.39, 0.29) is 5.41 Å². The SMILES string of the molecule is CC1=C2Nc3ccccc3C2CC2=C1NC1C=CC=C[C@@]21C. The summed E-state index contributed by atoms with van der Waals surface area (Å²) in [6, 6.07) is 9.14. The Bertz CT molecular complexity index is 809. The van der Waals surface area contributed by atoms with Crippen LogP contribution in [0.1, 0.15) is 31.7 Å². The molecule has 2 nitrogen and oxygen atoms in total. The maximum absolute atomic E-state index is 3.77. The molecule has 2 aliphatic carbocycles. The highest BCUT2D eigenvalue weighted by molar-refractivity contribution is 5.70. The van der Waals surface area contributed by atoms with Gasteiger partial charge in [0.1, 0.15) is 0 Å². The molecule has 0 amide bonds. The van der Waals surface area contributed by atoms with E-state index < -0.39 is 0 Å². The summed E-state index contributed by atoms with van der Waals surface area (Å²) < 4.78 is 0. The maximum Gasteiger partial charge on any atom is 0.0574 e. The summed E-state index contributed by atoms with van der Waals surface area (Å²) in [6.45, 7) is 4.64. The smallest absolute Gasteiger partial charge is 0.0574 e. The van der Waals surface area contributed by atoms with Crippen molar-refractivity contribution in [3.05, 3.63) is 76.7 Å². The van der Waals surface area contributed by atoms with Crippen LogP contribution in [0.4, 0.5) is 5.69 Å². The number of benzene rings is 1. The minimum atomic E-state index is 0.119. The van der Waals surface area contributed by atoms with Gasteiger partial charge in [0.05, 0.1) is 6.04 Å². The highest BCUT2D eigenvalue weighted by Gasteiger charge is 2.47. The van der Waals surface area contributed by atoms with E-state index in [9.17, 15) is 0 Å². The van der Waals surface area contributed by atoms with Crippen molar-refractivity contribution in [2.45, 2.75) is 32.2 Å². The lowest BCUT2D eigenvalue weighted by molar-refractivity contribution is 0.435. The number of hydrogen-bond donors (Lipinski definition) is 2. The second-order valence-electron chi connectivity index (χ2n) is 7.01. The normalized spacial score (nSPS) is 33.9. The molecule has 0 saturated heterocycles. The van der Waals surface area contributed by atoms with Gasteiger partial charge in [-0.15, -0.1) is 0 Å². The van der Waals surface area contributed by atoms with Crippen molar-refractivity contribution in [3.63, 3.8) is 0 Å². The predicted molar refractivity (Wildman–Crippen MR) is 90.5 cm³/mol. The van der Waals surface area contributed by atoms with E-state index in [2.05, 4.69) is 73.1 Å². The summed E-state index contributed by atoms with van der Waals surface area (Å²) in [5, 5.41) is 7.43. The van der Waals surface area contributed by atoms with Crippen molar-refractivity contribution in [2.24, 2.45) is 5.41 Å². The van der Waals surface area contributed by atoms with Crippen LogP contribution in [-0.2, 0) is 0 Å². The van der Waals surface area contributed by atoms with Gasteiger partial charge in [-0.1, -0.05) is 42.5 Å². The molecule has 2 aliphatic heterocycles. The Balaban J connectivity index is 1.66. The van der Waals surface area contributed by atoms with Gasteiger partial charge >= 0.3 is 0 Å². The lowest BCUT2D eigenvalue weighted by Crippen LogP contribution is -2.35. The number of para-hydroxylation sites is 1. The van der Waals surface area contributed by atoms with Crippen LogP contribution in [0.25, 0.3) is 0 Å². The third kappa shape index (κ3) is 1.36. The standard InChI is InChI=1S/C20H20N2/c1-12-18-14(13-7-3-4-8-16(13)21-18)11-15-19(12)22-17-9-5-6-10-20(15,17)2/h3-10,14,17,21-22H,11H2,1-2H3/t14?,17?,20-/m0/s1. The highest BCUT2D eigenvalue weighted by atomic mass is 15.0. The van der Waals surface area contributed by atoms with E-state index in [0.29, 0.717) is 12.0 Å². The van der Waals surface area contributed by atoms with Gasteiger partial charge in [-0.25, -0.2) is 0 Å². The molecule has 1 aromatic carbocycles. The van der Waals surface area contributed by atoms with Crippen LogP contribution in [-0.4, -0.2) is 6.04 Å². The summed E-state index contributed by atoms with van der Waals surface area (Å²) in [4.78, 5) is 0. The van der Waals surface area contributed by atoms with Crippen LogP contribution in [0.3, 0.4) is 0 Å². The fourth-order valence-corrected chi connectivity index (χ4v) is 4.60. The molecule has 0 aromatic heterocycles. The van der Waals surface area contributed by atoms with Gasteiger partial charge in [0.2, 0.25) is 0 Å². The number of nitrogens with one attached hydrogen (secondary N) is 2. The fraction of sp³-hybridized carbons (Fsp3) is 0.300. The van der Waals surface area contributed by atoms with Gasteiger partial charge in [0.15, 0.2) is 0 Å². The van der Waals surface area contributed by atoms with E-state index in [4.69, 9.17) is 0 Å². The van der Waals surface area contributed by atoms with Crippen molar-refractivity contribution >= 4 is 5.69 Å². The van der Waals surface area contributed by atoms with E-state index in [0.717, 1.165) is 6.42 Å². The predicted octanol–water partition coefficient (Wildman–Crippen LogP) is 4.23. The average molecular weight is 288 g/mol. The Labute approximate surface area is 131 Å². The van der Waals surface area contributed by atoms with Crippen molar-refractivity contribution in [3.8, 4) is 0 Å². The summed E-state index contributed by atoms with van der Waals surface area (Å²) >= 11 is 0. The van der Waals surface area contributed by atoms with Crippen molar-refractivity contribution in [2.75, 3.05) is 5.32 Å². The second kappa shape index (κ2) is 3.95. The van der Waals surface area contributed by atoms with Crippen LogP contribution in [0.2, 0.25) is 0 Å². The lowest BCUT2D eigenvalue weighted by atomic mass is 9.70. The number of allylic oxidation sites excluding steroid dienone is 4. The molecule has 1 aromatic rings. The zero-order valence-electron chi connectivity index (χ0n) is 13.0. The molecule has 0 saturated carbocycles. The summed E-state index contributed by atoms with van der Waals surface area (Å²) in [5.41, 5.74) is 8.57. The molecule has 22 heavy (non-hydrogen) atoms. The zero-order valence-corrected chi connectivity index (χ0v) is 13.0. The molecule has 2 N–H and O–H groups in total. The zero-order chi connectivity index (χ0) is 14.9. The average Bonchev–Trinajstić information content (AvgIpc) is 3.04. The number of hydrogen-bond acceptors (Lipinski definition) is 2. The summed E-state index contributed by atoms with van der Waals surface area (Å²) in [7, 11) is 0. The Kier molecular flexibility index (Phi) is 2.21. The van der Waals surface area contributed by atoms with Gasteiger partial charge in [-0.05, 0) is 43.0 Å². The van der Waals surface area contributed by atoms with Crippen LogP contribution in [0, 0.1) is 5.41 Å². The number of anilines is 1. The minimum Gasteiger partial charge on any atom is -0.377 e. The van der Waals surface area contributed by atoms with E-state index in [1.165, 1.54) is 28.2 Å². The third-order valence-electron chi connectivity index (χ3n) is 5.90. The molecule has 2 unspecified atom stereocenters. The van der Waals surface area contributed by atoms with Gasteiger partial charge in [0.25, 0.3) is 0 Å². The minimum absolute atomic E-state index is 0.119. The van der Waals surface area contributed by atoms with Crippen LogP contribution < -0.4 is 10.6 Å². The Morgan fingerprint density at radius 3 is 2.95 bits per heavy atom. The van der Waals surface area contributed by atoms with Crippen LogP contribution >= 0.6 is 0 Å². The first-order valence-electron chi connectivity index (χ1n) is 8.12. The first kappa shape index (κ1) is 12.3. The largest absolute Gasteiger partial charge is 0.377 e. The van der Waals surface area contributed by atoms with E-state index in [1.54, 1.807) is 5.57 Å². The quantitative estimate of drug-likeness (QED) is 0.746. The molecule has 3 atom stereocenters. The molecule has 0 bridgehead atoms. The van der Waals surface area contributed by atoms with Crippen molar-refractivity contribution < 1.29 is 0 Å². The van der Waals surface area contributed by atoms with Crippen molar-refractivity contribution in [1.29, 1.82) is 0 Å². The van der Waals surface area contributed by atoms with Crippen LogP contribution in [0.5, 0.6) is 0 Å². The van der Waals surface area contributed by atoms with Crippen molar-refractivity contribution in [1.82, 2.24) is 5.32 Å². The first-order valence-corrected chi connectivity index (χ1v) is 8.12. The number of fused-ring (bicyclic) bond motifs is 5. The first-order chi connectivity index (χ1) is 10.7. The van der Waals surface area contributed by atoms with Gasteiger partial charge in [-0.3, -0.25) is 0 Å².